The highest BCUT2D eigenvalue weighted by Crippen LogP contribution is 2.21. The van der Waals surface area contributed by atoms with Crippen LogP contribution >= 0.6 is 0 Å². The minimum absolute atomic E-state index is 0.0260. The summed E-state index contributed by atoms with van der Waals surface area (Å²) >= 11 is 0. The van der Waals surface area contributed by atoms with Crippen molar-refractivity contribution in [1.29, 1.82) is 0 Å². The average molecular weight is 290 g/mol. The Balaban J connectivity index is 1.97. The van der Waals surface area contributed by atoms with Crippen molar-refractivity contribution >= 4 is 11.9 Å². The van der Waals surface area contributed by atoms with Gasteiger partial charge in [-0.25, -0.2) is 0 Å². The van der Waals surface area contributed by atoms with Crippen LogP contribution in [0.4, 0.5) is 0 Å². The molecule has 0 spiro atoms. The smallest absolute Gasteiger partial charge is 0.307 e. The normalized spacial score (nSPS) is 18.3. The molecule has 114 valence electrons. The molecule has 1 atom stereocenters. The number of amides is 1. The summed E-state index contributed by atoms with van der Waals surface area (Å²) in [6, 6.07) is 3.70. The molecule has 0 saturated carbocycles. The van der Waals surface area contributed by atoms with Gasteiger partial charge in [0.15, 0.2) is 0 Å². The van der Waals surface area contributed by atoms with Gasteiger partial charge in [-0.2, -0.15) is 0 Å². The van der Waals surface area contributed by atoms with Crippen LogP contribution in [-0.2, 0) is 20.7 Å². The molecule has 1 aromatic heterocycles. The predicted octanol–water partition coefficient (Wildman–Crippen LogP) is 1.96. The number of carbonyl (C=O) groups excluding carboxylic acids is 2. The largest absolute Gasteiger partial charge is 0.466 e. The molecule has 2 heterocycles. The lowest BCUT2D eigenvalue weighted by Crippen LogP contribution is -2.45. The molecule has 1 fully saturated rings. The first-order chi connectivity index (χ1) is 10.2. The van der Waals surface area contributed by atoms with Crippen LogP contribution in [0.2, 0.25) is 0 Å². The third kappa shape index (κ3) is 4.55. The minimum atomic E-state index is -0.219. The fraction of sp³-hybridized carbons (Fsp3) is 0.562. The summed E-state index contributed by atoms with van der Waals surface area (Å²) in [7, 11) is 0. The second-order valence-corrected chi connectivity index (χ2v) is 5.28. The Morgan fingerprint density at radius 3 is 3.00 bits per heavy atom. The van der Waals surface area contributed by atoms with Crippen molar-refractivity contribution in [2.24, 2.45) is 0 Å². The van der Waals surface area contributed by atoms with E-state index in [0.717, 1.165) is 31.4 Å². The van der Waals surface area contributed by atoms with Crippen molar-refractivity contribution < 1.29 is 14.3 Å². The Morgan fingerprint density at radius 2 is 2.29 bits per heavy atom. The van der Waals surface area contributed by atoms with Crippen LogP contribution in [0.25, 0.3) is 0 Å². The molecule has 2 rings (SSSR count). The number of hydrogen-bond acceptors (Lipinski definition) is 4. The second-order valence-electron chi connectivity index (χ2n) is 5.28. The number of nitrogens with zero attached hydrogens (tertiary/aromatic N) is 2. The van der Waals surface area contributed by atoms with Crippen molar-refractivity contribution in [3.05, 3.63) is 30.1 Å². The highest BCUT2D eigenvalue weighted by molar-refractivity contribution is 5.80. The van der Waals surface area contributed by atoms with Gasteiger partial charge < -0.3 is 9.64 Å². The van der Waals surface area contributed by atoms with Crippen molar-refractivity contribution in [1.82, 2.24) is 9.88 Å². The maximum atomic E-state index is 12.5. The van der Waals surface area contributed by atoms with Crippen LogP contribution in [0.1, 0.15) is 38.2 Å². The van der Waals surface area contributed by atoms with Gasteiger partial charge in [0, 0.05) is 25.0 Å². The van der Waals surface area contributed by atoms with E-state index in [1.165, 1.54) is 0 Å². The first-order valence-electron chi connectivity index (χ1n) is 7.54. The zero-order valence-electron chi connectivity index (χ0n) is 12.5. The second kappa shape index (κ2) is 7.76. The number of rotatable bonds is 5. The van der Waals surface area contributed by atoms with Crippen LogP contribution in [0, 0.1) is 0 Å². The molecule has 0 aliphatic carbocycles. The van der Waals surface area contributed by atoms with Crippen LogP contribution in [0.3, 0.4) is 0 Å². The fourth-order valence-corrected chi connectivity index (χ4v) is 2.73. The molecule has 1 unspecified atom stereocenters. The van der Waals surface area contributed by atoms with E-state index in [1.54, 1.807) is 19.3 Å². The van der Waals surface area contributed by atoms with Gasteiger partial charge in [-0.15, -0.1) is 0 Å². The quantitative estimate of drug-likeness (QED) is 0.778. The topological polar surface area (TPSA) is 59.5 Å². The van der Waals surface area contributed by atoms with Gasteiger partial charge in [0.25, 0.3) is 0 Å². The van der Waals surface area contributed by atoms with Crippen molar-refractivity contribution in [2.45, 2.75) is 45.1 Å². The summed E-state index contributed by atoms with van der Waals surface area (Å²) in [5.74, 6) is -0.152. The highest BCUT2D eigenvalue weighted by Gasteiger charge is 2.28. The number of ether oxygens (including phenoxy) is 1. The predicted molar refractivity (Wildman–Crippen MR) is 78.5 cm³/mol. The highest BCUT2D eigenvalue weighted by atomic mass is 16.5. The Labute approximate surface area is 125 Å². The maximum absolute atomic E-state index is 12.5. The Hall–Kier alpha value is -1.91. The summed E-state index contributed by atoms with van der Waals surface area (Å²) in [6.07, 6.45) is 6.97. The molecule has 1 aromatic rings. The van der Waals surface area contributed by atoms with E-state index < -0.39 is 0 Å². The SMILES string of the molecule is CCOC(=O)CC1CCCCN1C(=O)Cc1cccnc1. The Bertz CT molecular complexity index is 476. The van der Waals surface area contributed by atoms with Crippen molar-refractivity contribution in [3.63, 3.8) is 0 Å². The molecule has 1 aliphatic rings. The fourth-order valence-electron chi connectivity index (χ4n) is 2.73. The third-order valence-corrected chi connectivity index (χ3v) is 3.73. The van der Waals surface area contributed by atoms with Crippen LogP contribution in [0.5, 0.6) is 0 Å². The van der Waals surface area contributed by atoms with Crippen molar-refractivity contribution in [3.8, 4) is 0 Å². The van der Waals surface area contributed by atoms with Gasteiger partial charge in [-0.05, 0) is 37.8 Å². The van der Waals surface area contributed by atoms with E-state index in [9.17, 15) is 9.59 Å². The van der Waals surface area contributed by atoms with Crippen LogP contribution in [-0.4, -0.2) is 41.0 Å². The van der Waals surface area contributed by atoms with E-state index in [2.05, 4.69) is 4.98 Å². The molecule has 0 N–H and O–H groups in total. The van der Waals surface area contributed by atoms with E-state index >= 15 is 0 Å². The first kappa shape index (κ1) is 15.5. The van der Waals surface area contributed by atoms with Gasteiger partial charge in [-0.3, -0.25) is 14.6 Å². The number of aromatic nitrogens is 1. The monoisotopic (exact) mass is 290 g/mol. The van der Waals surface area contributed by atoms with Crippen LogP contribution in [0.15, 0.2) is 24.5 Å². The minimum Gasteiger partial charge on any atom is -0.466 e. The molecular weight excluding hydrogens is 268 g/mol. The van der Waals surface area contributed by atoms with Gasteiger partial charge in [0.1, 0.15) is 0 Å². The Morgan fingerprint density at radius 1 is 1.43 bits per heavy atom. The molecular formula is C16H22N2O3. The lowest BCUT2D eigenvalue weighted by Gasteiger charge is -2.35. The lowest BCUT2D eigenvalue weighted by molar-refractivity contribution is -0.146. The van der Waals surface area contributed by atoms with E-state index in [-0.39, 0.29) is 17.9 Å². The molecule has 0 aromatic carbocycles. The number of piperidine rings is 1. The summed E-state index contributed by atoms with van der Waals surface area (Å²) in [4.78, 5) is 30.0. The van der Waals surface area contributed by atoms with Gasteiger partial charge in [0.05, 0.1) is 19.4 Å². The van der Waals surface area contributed by atoms with E-state index in [4.69, 9.17) is 4.74 Å². The maximum Gasteiger partial charge on any atom is 0.307 e. The first-order valence-corrected chi connectivity index (χ1v) is 7.54. The number of carbonyl (C=O) groups is 2. The summed E-state index contributed by atoms with van der Waals surface area (Å²) < 4.78 is 5.00. The standard InChI is InChI=1S/C16H22N2O3/c1-2-21-16(20)11-14-7-3-4-9-18(14)15(19)10-13-6-5-8-17-12-13/h5-6,8,12,14H,2-4,7,9-11H2,1H3. The molecule has 5 nitrogen and oxygen atoms in total. The summed E-state index contributed by atoms with van der Waals surface area (Å²) in [6.45, 7) is 2.91. The van der Waals surface area contributed by atoms with Gasteiger partial charge >= 0.3 is 5.97 Å². The lowest BCUT2D eigenvalue weighted by atomic mass is 9.98. The summed E-state index contributed by atoms with van der Waals surface area (Å²) in [5.41, 5.74) is 0.906. The van der Waals surface area contributed by atoms with E-state index in [1.807, 2.05) is 17.0 Å². The molecule has 21 heavy (non-hydrogen) atoms. The summed E-state index contributed by atoms with van der Waals surface area (Å²) in [5, 5.41) is 0. The molecule has 0 bridgehead atoms. The van der Waals surface area contributed by atoms with Crippen molar-refractivity contribution in [2.75, 3.05) is 13.2 Å². The number of likely N-dealkylation sites (tertiary alicyclic amines) is 1. The zero-order chi connectivity index (χ0) is 15.1. The molecule has 1 aliphatic heterocycles. The molecule has 5 heteroatoms. The number of hydrogen-bond donors (Lipinski definition) is 0. The Kier molecular flexibility index (Phi) is 5.72. The zero-order valence-corrected chi connectivity index (χ0v) is 12.5. The van der Waals surface area contributed by atoms with Gasteiger partial charge in [-0.1, -0.05) is 6.07 Å². The molecule has 1 amide bonds. The van der Waals surface area contributed by atoms with Gasteiger partial charge in [0.2, 0.25) is 5.91 Å². The number of esters is 1. The molecule has 0 radical (unpaired) electrons. The molecule has 1 saturated heterocycles. The average Bonchev–Trinajstić information content (AvgIpc) is 2.49. The van der Waals surface area contributed by atoms with Crippen LogP contribution < -0.4 is 0 Å². The van der Waals surface area contributed by atoms with E-state index in [0.29, 0.717) is 19.4 Å². The number of pyridine rings is 1. The third-order valence-electron chi connectivity index (χ3n) is 3.73.